The van der Waals surface area contributed by atoms with Crippen molar-refractivity contribution in [1.29, 1.82) is 0 Å². The van der Waals surface area contributed by atoms with Crippen molar-refractivity contribution in [2.24, 2.45) is 0 Å². The van der Waals surface area contributed by atoms with Crippen LogP contribution in [0.3, 0.4) is 0 Å². The van der Waals surface area contributed by atoms with Gasteiger partial charge in [0.15, 0.2) is 0 Å². The van der Waals surface area contributed by atoms with Gasteiger partial charge in [-0.15, -0.1) is 0 Å². The minimum absolute atomic E-state index is 0.121. The van der Waals surface area contributed by atoms with E-state index in [0.717, 1.165) is 0 Å². The van der Waals surface area contributed by atoms with E-state index in [0.29, 0.717) is 17.1 Å². The zero-order valence-electron chi connectivity index (χ0n) is 9.79. The first kappa shape index (κ1) is 12.0. The maximum Gasteiger partial charge on any atom is 0.343 e. The third-order valence-electron chi connectivity index (χ3n) is 2.35. The van der Waals surface area contributed by atoms with Crippen molar-refractivity contribution in [3.63, 3.8) is 0 Å². The molecule has 0 radical (unpaired) electrons. The van der Waals surface area contributed by atoms with Crippen molar-refractivity contribution in [2.45, 2.75) is 0 Å². The summed E-state index contributed by atoms with van der Waals surface area (Å²) in [4.78, 5) is 11.8. The highest BCUT2D eigenvalue weighted by Gasteiger charge is 2.09. The number of phenols is 1. The molecular formula is C14H12O4. The summed E-state index contributed by atoms with van der Waals surface area (Å²) >= 11 is 0. The van der Waals surface area contributed by atoms with E-state index >= 15 is 0 Å². The molecule has 0 fully saturated rings. The van der Waals surface area contributed by atoms with Gasteiger partial charge in [-0.3, -0.25) is 0 Å². The summed E-state index contributed by atoms with van der Waals surface area (Å²) in [5.41, 5.74) is 0.405. The highest BCUT2D eigenvalue weighted by molar-refractivity contribution is 5.91. The van der Waals surface area contributed by atoms with Crippen LogP contribution in [0.4, 0.5) is 0 Å². The number of benzene rings is 2. The summed E-state index contributed by atoms with van der Waals surface area (Å²) in [7, 11) is 1.53. The fraction of sp³-hybridized carbons (Fsp3) is 0.0714. The van der Waals surface area contributed by atoms with Crippen molar-refractivity contribution in [3.8, 4) is 17.2 Å². The number of ether oxygens (including phenoxy) is 2. The van der Waals surface area contributed by atoms with Crippen molar-refractivity contribution >= 4 is 5.97 Å². The lowest BCUT2D eigenvalue weighted by atomic mass is 10.2. The minimum Gasteiger partial charge on any atom is -0.508 e. The monoisotopic (exact) mass is 244 g/mol. The van der Waals surface area contributed by atoms with Crippen molar-refractivity contribution < 1.29 is 19.4 Å². The van der Waals surface area contributed by atoms with Gasteiger partial charge >= 0.3 is 5.97 Å². The second kappa shape index (κ2) is 5.23. The molecule has 0 aliphatic carbocycles. The maximum absolute atomic E-state index is 11.8. The first-order valence-corrected chi connectivity index (χ1v) is 5.34. The van der Waals surface area contributed by atoms with Crippen LogP contribution in [-0.4, -0.2) is 18.2 Å². The molecule has 0 unspecified atom stereocenters. The smallest absolute Gasteiger partial charge is 0.343 e. The zero-order valence-corrected chi connectivity index (χ0v) is 9.79. The van der Waals surface area contributed by atoms with Crippen LogP contribution in [0.25, 0.3) is 0 Å². The Hall–Kier alpha value is -2.49. The van der Waals surface area contributed by atoms with Crippen LogP contribution in [0, 0.1) is 0 Å². The summed E-state index contributed by atoms with van der Waals surface area (Å²) in [5.74, 6) is 0.617. The normalized spacial score (nSPS) is 9.83. The Bertz CT molecular complexity index is 546. The van der Waals surface area contributed by atoms with E-state index in [-0.39, 0.29) is 5.75 Å². The fourth-order valence-electron chi connectivity index (χ4n) is 1.43. The van der Waals surface area contributed by atoms with Gasteiger partial charge in [-0.2, -0.15) is 0 Å². The maximum atomic E-state index is 11.8. The number of rotatable bonds is 3. The van der Waals surface area contributed by atoms with Crippen LogP contribution in [0.5, 0.6) is 17.2 Å². The average molecular weight is 244 g/mol. The van der Waals surface area contributed by atoms with E-state index < -0.39 is 5.97 Å². The lowest BCUT2D eigenvalue weighted by Crippen LogP contribution is -2.08. The van der Waals surface area contributed by atoms with E-state index in [1.807, 2.05) is 0 Å². The Morgan fingerprint density at radius 3 is 2.44 bits per heavy atom. The highest BCUT2D eigenvalue weighted by atomic mass is 16.5. The molecular weight excluding hydrogens is 232 g/mol. The molecule has 1 N–H and O–H groups in total. The van der Waals surface area contributed by atoms with Gasteiger partial charge in [0, 0.05) is 0 Å². The molecule has 4 nitrogen and oxygen atoms in total. The van der Waals surface area contributed by atoms with Gasteiger partial charge < -0.3 is 14.6 Å². The van der Waals surface area contributed by atoms with Gasteiger partial charge in [0.2, 0.25) is 0 Å². The summed E-state index contributed by atoms with van der Waals surface area (Å²) in [6.45, 7) is 0. The molecule has 0 amide bonds. The largest absolute Gasteiger partial charge is 0.508 e. The molecule has 2 aromatic carbocycles. The molecule has 0 saturated carbocycles. The van der Waals surface area contributed by atoms with E-state index in [9.17, 15) is 4.79 Å². The summed E-state index contributed by atoms with van der Waals surface area (Å²) in [6.07, 6.45) is 0. The van der Waals surface area contributed by atoms with E-state index in [4.69, 9.17) is 14.6 Å². The number of hydrogen-bond donors (Lipinski definition) is 1. The Labute approximate surface area is 104 Å². The molecule has 18 heavy (non-hydrogen) atoms. The number of carbonyl (C=O) groups is 1. The molecule has 0 atom stereocenters. The van der Waals surface area contributed by atoms with Gasteiger partial charge in [-0.1, -0.05) is 6.07 Å². The van der Waals surface area contributed by atoms with Crippen LogP contribution in [0.2, 0.25) is 0 Å². The van der Waals surface area contributed by atoms with Gasteiger partial charge in [0.25, 0.3) is 0 Å². The first-order valence-electron chi connectivity index (χ1n) is 5.34. The number of carbonyl (C=O) groups excluding carboxylic acids is 1. The van der Waals surface area contributed by atoms with Crippen LogP contribution in [0.15, 0.2) is 48.5 Å². The summed E-state index contributed by atoms with van der Waals surface area (Å²) in [5, 5.41) is 9.12. The quantitative estimate of drug-likeness (QED) is 0.666. The predicted octanol–water partition coefficient (Wildman–Crippen LogP) is 2.62. The molecule has 0 heterocycles. The van der Waals surface area contributed by atoms with Gasteiger partial charge in [-0.05, 0) is 42.5 Å². The lowest BCUT2D eigenvalue weighted by Gasteiger charge is -2.05. The number of phenolic OH excluding ortho intramolecular Hbond substituents is 1. The topological polar surface area (TPSA) is 55.8 Å². The molecule has 0 aromatic heterocycles. The number of hydrogen-bond acceptors (Lipinski definition) is 4. The van der Waals surface area contributed by atoms with E-state index in [2.05, 4.69) is 0 Å². The Morgan fingerprint density at radius 1 is 1.06 bits per heavy atom. The van der Waals surface area contributed by atoms with Crippen LogP contribution >= 0.6 is 0 Å². The molecule has 0 saturated heterocycles. The molecule has 0 aliphatic rings. The predicted molar refractivity (Wildman–Crippen MR) is 66.1 cm³/mol. The van der Waals surface area contributed by atoms with Crippen molar-refractivity contribution in [1.82, 2.24) is 0 Å². The third-order valence-corrected chi connectivity index (χ3v) is 2.35. The minimum atomic E-state index is -0.473. The summed E-state index contributed by atoms with van der Waals surface area (Å²) < 4.78 is 10.2. The van der Waals surface area contributed by atoms with E-state index in [1.165, 1.54) is 31.4 Å². The van der Waals surface area contributed by atoms with Crippen LogP contribution in [0.1, 0.15) is 10.4 Å². The van der Waals surface area contributed by atoms with Crippen molar-refractivity contribution in [2.75, 3.05) is 7.11 Å². The summed E-state index contributed by atoms with van der Waals surface area (Å²) in [6, 6.07) is 12.7. The van der Waals surface area contributed by atoms with E-state index in [1.54, 1.807) is 24.3 Å². The standard InChI is InChI=1S/C14H12O4/c1-17-13-4-2-3-10(9-13)14(16)18-12-7-5-11(15)6-8-12/h2-9,15H,1H3. The van der Waals surface area contributed by atoms with Crippen LogP contribution in [-0.2, 0) is 0 Å². The van der Waals surface area contributed by atoms with Crippen LogP contribution < -0.4 is 9.47 Å². The molecule has 92 valence electrons. The number of aromatic hydroxyl groups is 1. The number of esters is 1. The highest BCUT2D eigenvalue weighted by Crippen LogP contribution is 2.18. The van der Waals surface area contributed by atoms with Crippen molar-refractivity contribution in [3.05, 3.63) is 54.1 Å². The second-order valence-corrected chi connectivity index (χ2v) is 3.62. The van der Waals surface area contributed by atoms with Gasteiger partial charge in [-0.25, -0.2) is 4.79 Å². The number of methoxy groups -OCH3 is 1. The third kappa shape index (κ3) is 2.79. The van der Waals surface area contributed by atoms with Gasteiger partial charge in [0.05, 0.1) is 12.7 Å². The average Bonchev–Trinajstić information content (AvgIpc) is 2.41. The lowest BCUT2D eigenvalue weighted by molar-refractivity contribution is 0.0734. The molecule has 2 aromatic rings. The second-order valence-electron chi connectivity index (χ2n) is 3.62. The molecule has 0 aliphatic heterocycles. The zero-order chi connectivity index (χ0) is 13.0. The first-order chi connectivity index (χ1) is 8.69. The Kier molecular flexibility index (Phi) is 3.48. The fourth-order valence-corrected chi connectivity index (χ4v) is 1.43. The Morgan fingerprint density at radius 2 is 1.78 bits per heavy atom. The van der Waals surface area contributed by atoms with Gasteiger partial charge in [0.1, 0.15) is 17.2 Å². The molecule has 0 spiro atoms. The molecule has 0 bridgehead atoms. The molecule has 2 rings (SSSR count). The Balaban J connectivity index is 2.14. The SMILES string of the molecule is COc1cccc(C(=O)Oc2ccc(O)cc2)c1. The molecule has 4 heteroatoms.